The summed E-state index contributed by atoms with van der Waals surface area (Å²) in [5.74, 6) is 0.842. The lowest BCUT2D eigenvalue weighted by atomic mass is 10.1. The fraction of sp³-hybridized carbons (Fsp3) is 0.333. The highest BCUT2D eigenvalue weighted by atomic mass is 16.5. The minimum Gasteiger partial charge on any atom is -0.378 e. The second-order valence-electron chi connectivity index (χ2n) is 7.70. The van der Waals surface area contributed by atoms with Crippen LogP contribution in [0.15, 0.2) is 54.7 Å². The van der Waals surface area contributed by atoms with Crippen LogP contribution < -0.4 is 4.90 Å². The predicted octanol–water partition coefficient (Wildman–Crippen LogP) is 3.60. The number of rotatable bonds is 5. The van der Waals surface area contributed by atoms with Crippen molar-refractivity contribution in [3.63, 3.8) is 0 Å². The molecule has 1 aliphatic heterocycles. The summed E-state index contributed by atoms with van der Waals surface area (Å²) in [4.78, 5) is 21.9. The Labute approximate surface area is 177 Å². The molecule has 6 heteroatoms. The van der Waals surface area contributed by atoms with E-state index >= 15 is 0 Å². The number of aryl methyl sites for hydroxylation is 1. The average Bonchev–Trinajstić information content (AvgIpc) is 3.08. The number of aromatic nitrogens is 2. The van der Waals surface area contributed by atoms with Gasteiger partial charge in [0.2, 0.25) is 0 Å². The molecule has 1 fully saturated rings. The highest BCUT2D eigenvalue weighted by Crippen LogP contribution is 2.25. The van der Waals surface area contributed by atoms with Crippen molar-refractivity contribution in [2.45, 2.75) is 20.4 Å². The molecule has 156 valence electrons. The van der Waals surface area contributed by atoms with Gasteiger partial charge in [0.05, 0.1) is 18.8 Å². The van der Waals surface area contributed by atoms with Gasteiger partial charge in [-0.05, 0) is 43.7 Å². The van der Waals surface area contributed by atoms with Gasteiger partial charge in [-0.2, -0.15) is 0 Å². The van der Waals surface area contributed by atoms with Gasteiger partial charge in [0, 0.05) is 50.0 Å². The van der Waals surface area contributed by atoms with Crippen molar-refractivity contribution in [3.05, 3.63) is 77.2 Å². The number of pyridine rings is 1. The smallest absolute Gasteiger partial charge is 0.255 e. The van der Waals surface area contributed by atoms with E-state index in [1.54, 1.807) is 11.1 Å². The number of carbonyl (C=O) groups excluding carboxylic acids is 1. The SMILES string of the molecule is Cc1cc(C(=O)N(C)Cc2ccccc2N2CCOCC2)c(C)n1-c1ccccn1. The van der Waals surface area contributed by atoms with E-state index in [2.05, 4.69) is 28.1 Å². The van der Waals surface area contributed by atoms with Gasteiger partial charge >= 0.3 is 0 Å². The number of ether oxygens (including phenoxy) is 1. The Kier molecular flexibility index (Phi) is 5.86. The number of hydrogen-bond acceptors (Lipinski definition) is 4. The Morgan fingerprint density at radius 3 is 2.57 bits per heavy atom. The number of benzene rings is 1. The largest absolute Gasteiger partial charge is 0.378 e. The topological polar surface area (TPSA) is 50.6 Å². The number of nitrogens with zero attached hydrogens (tertiary/aromatic N) is 4. The molecule has 0 atom stereocenters. The van der Waals surface area contributed by atoms with Crippen LogP contribution in [0.2, 0.25) is 0 Å². The van der Waals surface area contributed by atoms with Crippen molar-refractivity contribution in [2.75, 3.05) is 38.3 Å². The summed E-state index contributed by atoms with van der Waals surface area (Å²) in [5.41, 5.74) is 4.94. The molecule has 3 heterocycles. The Morgan fingerprint density at radius 1 is 1.10 bits per heavy atom. The van der Waals surface area contributed by atoms with Crippen LogP contribution in [0, 0.1) is 13.8 Å². The van der Waals surface area contributed by atoms with Crippen LogP contribution in [-0.2, 0) is 11.3 Å². The maximum atomic E-state index is 13.3. The van der Waals surface area contributed by atoms with Crippen molar-refractivity contribution < 1.29 is 9.53 Å². The molecule has 4 rings (SSSR count). The lowest BCUT2D eigenvalue weighted by Gasteiger charge is -2.31. The highest BCUT2D eigenvalue weighted by Gasteiger charge is 2.22. The molecule has 1 saturated heterocycles. The third-order valence-electron chi connectivity index (χ3n) is 5.64. The van der Waals surface area contributed by atoms with E-state index in [0.717, 1.165) is 49.1 Å². The number of morpholine rings is 1. The van der Waals surface area contributed by atoms with Crippen LogP contribution in [0.5, 0.6) is 0 Å². The fourth-order valence-corrected chi connectivity index (χ4v) is 4.11. The molecule has 0 N–H and O–H groups in total. The minimum atomic E-state index is 0.0158. The highest BCUT2D eigenvalue weighted by molar-refractivity contribution is 5.95. The van der Waals surface area contributed by atoms with Crippen LogP contribution in [-0.4, -0.2) is 53.7 Å². The summed E-state index contributed by atoms with van der Waals surface area (Å²) in [6.45, 7) is 7.77. The monoisotopic (exact) mass is 404 g/mol. The number of para-hydroxylation sites is 1. The van der Waals surface area contributed by atoms with Gasteiger partial charge in [0.25, 0.3) is 5.91 Å². The molecule has 1 aliphatic rings. The van der Waals surface area contributed by atoms with E-state index in [1.165, 1.54) is 5.69 Å². The van der Waals surface area contributed by atoms with Crippen molar-refractivity contribution >= 4 is 11.6 Å². The zero-order valence-corrected chi connectivity index (χ0v) is 17.8. The molecule has 0 bridgehead atoms. The molecule has 0 saturated carbocycles. The molecule has 30 heavy (non-hydrogen) atoms. The van der Waals surface area contributed by atoms with Gasteiger partial charge < -0.3 is 19.1 Å². The number of carbonyl (C=O) groups is 1. The van der Waals surface area contributed by atoms with E-state index in [4.69, 9.17) is 4.74 Å². The first-order valence-corrected chi connectivity index (χ1v) is 10.3. The summed E-state index contributed by atoms with van der Waals surface area (Å²) < 4.78 is 7.52. The molecular weight excluding hydrogens is 376 g/mol. The zero-order chi connectivity index (χ0) is 21.1. The van der Waals surface area contributed by atoms with Gasteiger partial charge in [-0.25, -0.2) is 4.98 Å². The first-order chi connectivity index (χ1) is 14.6. The quantitative estimate of drug-likeness (QED) is 0.652. The average molecular weight is 405 g/mol. The van der Waals surface area contributed by atoms with Crippen molar-refractivity contribution in [2.24, 2.45) is 0 Å². The Morgan fingerprint density at radius 2 is 1.83 bits per heavy atom. The Bertz CT molecular complexity index is 1020. The molecular formula is C24H28N4O2. The van der Waals surface area contributed by atoms with Gasteiger partial charge in [-0.3, -0.25) is 4.79 Å². The molecule has 3 aromatic rings. The summed E-state index contributed by atoms with van der Waals surface area (Å²) in [7, 11) is 1.87. The normalized spacial score (nSPS) is 14.0. The summed E-state index contributed by atoms with van der Waals surface area (Å²) >= 11 is 0. The molecule has 0 spiro atoms. The predicted molar refractivity (Wildman–Crippen MR) is 118 cm³/mol. The van der Waals surface area contributed by atoms with Gasteiger partial charge in [0.1, 0.15) is 5.82 Å². The van der Waals surface area contributed by atoms with Crippen LogP contribution in [0.4, 0.5) is 5.69 Å². The molecule has 0 unspecified atom stereocenters. The van der Waals surface area contributed by atoms with Gasteiger partial charge in [0.15, 0.2) is 0 Å². The minimum absolute atomic E-state index is 0.0158. The van der Waals surface area contributed by atoms with Crippen molar-refractivity contribution in [3.8, 4) is 5.82 Å². The summed E-state index contributed by atoms with van der Waals surface area (Å²) in [6.07, 6.45) is 1.77. The van der Waals surface area contributed by atoms with E-state index in [-0.39, 0.29) is 5.91 Å². The van der Waals surface area contributed by atoms with Crippen LogP contribution in [0.3, 0.4) is 0 Å². The molecule has 6 nitrogen and oxygen atoms in total. The summed E-state index contributed by atoms with van der Waals surface area (Å²) in [5, 5.41) is 0. The van der Waals surface area contributed by atoms with Crippen LogP contribution in [0.25, 0.3) is 5.82 Å². The number of hydrogen-bond donors (Lipinski definition) is 0. The zero-order valence-electron chi connectivity index (χ0n) is 17.8. The lowest BCUT2D eigenvalue weighted by Crippen LogP contribution is -2.37. The fourth-order valence-electron chi connectivity index (χ4n) is 4.11. The molecule has 0 radical (unpaired) electrons. The van der Waals surface area contributed by atoms with Crippen LogP contribution >= 0.6 is 0 Å². The second-order valence-corrected chi connectivity index (χ2v) is 7.70. The van der Waals surface area contributed by atoms with Gasteiger partial charge in [-0.15, -0.1) is 0 Å². The summed E-state index contributed by atoms with van der Waals surface area (Å²) in [6, 6.07) is 16.1. The third kappa shape index (κ3) is 3.96. The first-order valence-electron chi connectivity index (χ1n) is 10.3. The number of anilines is 1. The van der Waals surface area contributed by atoms with E-state index in [0.29, 0.717) is 12.1 Å². The molecule has 1 aromatic carbocycles. The van der Waals surface area contributed by atoms with Crippen molar-refractivity contribution in [1.82, 2.24) is 14.5 Å². The van der Waals surface area contributed by atoms with Crippen LogP contribution in [0.1, 0.15) is 27.3 Å². The number of amides is 1. The molecule has 1 amide bonds. The first kappa shape index (κ1) is 20.2. The molecule has 0 aliphatic carbocycles. The maximum Gasteiger partial charge on any atom is 0.255 e. The third-order valence-corrected chi connectivity index (χ3v) is 5.64. The van der Waals surface area contributed by atoms with E-state index in [1.807, 2.05) is 55.8 Å². The second kappa shape index (κ2) is 8.71. The standard InChI is InChI=1S/C24H28N4O2/c1-18-16-21(19(2)28(18)23-10-6-7-11-25-23)24(29)26(3)17-20-8-4-5-9-22(20)27-12-14-30-15-13-27/h4-11,16H,12-15,17H2,1-3H3. The van der Waals surface area contributed by atoms with Gasteiger partial charge in [-0.1, -0.05) is 24.3 Å². The van der Waals surface area contributed by atoms with Crippen molar-refractivity contribution in [1.29, 1.82) is 0 Å². The maximum absolute atomic E-state index is 13.3. The Hall–Kier alpha value is -3.12. The van der Waals surface area contributed by atoms with E-state index in [9.17, 15) is 4.79 Å². The molecule has 2 aromatic heterocycles. The Balaban J connectivity index is 1.57. The van der Waals surface area contributed by atoms with E-state index < -0.39 is 0 Å². The lowest BCUT2D eigenvalue weighted by molar-refractivity contribution is 0.0784.